The number of methoxy groups -OCH3 is 1. The van der Waals surface area contributed by atoms with E-state index in [-0.39, 0.29) is 22.6 Å². The highest BCUT2D eigenvalue weighted by atomic mass is 16.6. The molecule has 1 aromatic rings. The van der Waals surface area contributed by atoms with Crippen molar-refractivity contribution in [1.29, 1.82) is 5.26 Å². The molecule has 0 radical (unpaired) electrons. The number of ether oxygens (including phenoxy) is 1. The second kappa shape index (κ2) is 4.39. The van der Waals surface area contributed by atoms with Crippen LogP contribution in [-0.4, -0.2) is 17.1 Å². The van der Waals surface area contributed by atoms with Gasteiger partial charge in [0.1, 0.15) is 17.4 Å². The third-order valence-corrected chi connectivity index (χ3v) is 1.94. The third-order valence-electron chi connectivity index (χ3n) is 1.94. The van der Waals surface area contributed by atoms with E-state index < -0.39 is 11.5 Å². The predicted octanol–water partition coefficient (Wildman–Crippen LogP) is 0.967. The summed E-state index contributed by atoms with van der Waals surface area (Å²) in [6.07, 6.45) is 0. The summed E-state index contributed by atoms with van der Waals surface area (Å²) in [6, 6.07) is 4.30. The summed E-state index contributed by atoms with van der Waals surface area (Å²) in [5, 5.41) is 28.4. The molecular weight excluding hydrogens is 200 g/mol. The van der Waals surface area contributed by atoms with E-state index in [1.165, 1.54) is 19.2 Å². The van der Waals surface area contributed by atoms with Crippen LogP contribution >= 0.6 is 0 Å². The number of hydrogen-bond acceptors (Lipinski definition) is 5. The number of nitriles is 1. The van der Waals surface area contributed by atoms with Crippen LogP contribution in [0.4, 0.5) is 5.69 Å². The molecule has 6 nitrogen and oxygen atoms in total. The standard InChI is InChI=1S/C9H8N2O4/c1-15-9-3-2-8(11(13)14)7(5-12)6(9)4-10/h2-3,12H,5H2,1H3. The van der Waals surface area contributed by atoms with Gasteiger partial charge in [0.2, 0.25) is 0 Å². The van der Waals surface area contributed by atoms with Gasteiger partial charge < -0.3 is 9.84 Å². The Labute approximate surface area is 85.5 Å². The molecular formula is C9H8N2O4. The lowest BCUT2D eigenvalue weighted by molar-refractivity contribution is -0.385. The fourth-order valence-corrected chi connectivity index (χ4v) is 1.24. The molecule has 1 N–H and O–H groups in total. The molecule has 0 aliphatic heterocycles. The molecule has 0 heterocycles. The van der Waals surface area contributed by atoms with Crippen molar-refractivity contribution in [2.75, 3.05) is 7.11 Å². The van der Waals surface area contributed by atoms with E-state index >= 15 is 0 Å². The summed E-state index contributed by atoms with van der Waals surface area (Å²) in [5.74, 6) is 0.215. The van der Waals surface area contributed by atoms with Gasteiger partial charge in [-0.25, -0.2) is 0 Å². The predicted molar refractivity (Wildman–Crippen MR) is 50.3 cm³/mol. The Balaban J connectivity index is 3.50. The van der Waals surface area contributed by atoms with E-state index in [0.717, 1.165) is 0 Å². The molecule has 6 heteroatoms. The van der Waals surface area contributed by atoms with Gasteiger partial charge in [0.25, 0.3) is 5.69 Å². The van der Waals surface area contributed by atoms with Crippen LogP contribution in [0, 0.1) is 21.4 Å². The number of nitrogens with zero attached hydrogens (tertiary/aromatic N) is 2. The van der Waals surface area contributed by atoms with Gasteiger partial charge in [0.05, 0.1) is 24.2 Å². The number of rotatable bonds is 3. The topological polar surface area (TPSA) is 96.4 Å². The first-order valence-electron chi connectivity index (χ1n) is 4.01. The normalized spacial score (nSPS) is 9.40. The molecule has 0 saturated heterocycles. The smallest absolute Gasteiger partial charge is 0.276 e. The molecule has 15 heavy (non-hydrogen) atoms. The summed E-state index contributed by atoms with van der Waals surface area (Å²) in [6.45, 7) is -0.573. The lowest BCUT2D eigenvalue weighted by Crippen LogP contribution is -2.00. The molecule has 0 fully saturated rings. The molecule has 1 aromatic carbocycles. The van der Waals surface area contributed by atoms with Crippen LogP contribution in [-0.2, 0) is 6.61 Å². The van der Waals surface area contributed by atoms with Gasteiger partial charge in [0.15, 0.2) is 0 Å². The van der Waals surface area contributed by atoms with Gasteiger partial charge >= 0.3 is 0 Å². The summed E-state index contributed by atoms with van der Waals surface area (Å²) in [4.78, 5) is 9.95. The van der Waals surface area contributed by atoms with Crippen LogP contribution in [0.15, 0.2) is 12.1 Å². The molecule has 0 aliphatic carbocycles. The lowest BCUT2D eigenvalue weighted by Gasteiger charge is -2.06. The molecule has 0 aromatic heterocycles. The number of nitro benzene ring substituents is 1. The maximum absolute atomic E-state index is 10.6. The van der Waals surface area contributed by atoms with Crippen LogP contribution in [0.2, 0.25) is 0 Å². The van der Waals surface area contributed by atoms with Crippen molar-refractivity contribution in [2.24, 2.45) is 0 Å². The van der Waals surface area contributed by atoms with Crippen molar-refractivity contribution in [3.63, 3.8) is 0 Å². The minimum atomic E-state index is -0.647. The first-order chi connectivity index (χ1) is 7.15. The highest BCUT2D eigenvalue weighted by Gasteiger charge is 2.20. The van der Waals surface area contributed by atoms with Crippen molar-refractivity contribution < 1.29 is 14.8 Å². The average Bonchev–Trinajstić information content (AvgIpc) is 2.26. The largest absolute Gasteiger partial charge is 0.495 e. The van der Waals surface area contributed by atoms with Crippen molar-refractivity contribution in [2.45, 2.75) is 6.61 Å². The fraction of sp³-hybridized carbons (Fsp3) is 0.222. The van der Waals surface area contributed by atoms with Crippen molar-refractivity contribution in [3.8, 4) is 11.8 Å². The van der Waals surface area contributed by atoms with Gasteiger partial charge in [0, 0.05) is 6.07 Å². The zero-order valence-electron chi connectivity index (χ0n) is 7.93. The van der Waals surface area contributed by atoms with E-state index in [1.54, 1.807) is 6.07 Å². The van der Waals surface area contributed by atoms with E-state index in [9.17, 15) is 10.1 Å². The monoisotopic (exact) mass is 208 g/mol. The Morgan fingerprint density at radius 1 is 1.67 bits per heavy atom. The van der Waals surface area contributed by atoms with E-state index in [1.807, 2.05) is 0 Å². The van der Waals surface area contributed by atoms with Gasteiger partial charge in [-0.15, -0.1) is 0 Å². The van der Waals surface area contributed by atoms with Gasteiger partial charge in [-0.2, -0.15) is 5.26 Å². The maximum Gasteiger partial charge on any atom is 0.276 e. The summed E-state index contributed by atoms with van der Waals surface area (Å²) in [7, 11) is 1.35. The third kappa shape index (κ3) is 1.87. The van der Waals surface area contributed by atoms with Gasteiger partial charge in [-0.05, 0) is 6.07 Å². The molecule has 0 atom stereocenters. The molecule has 0 bridgehead atoms. The molecule has 0 saturated carbocycles. The van der Waals surface area contributed by atoms with Crippen molar-refractivity contribution in [3.05, 3.63) is 33.4 Å². The zero-order valence-corrected chi connectivity index (χ0v) is 7.93. The Kier molecular flexibility index (Phi) is 3.21. The van der Waals surface area contributed by atoms with Crippen molar-refractivity contribution >= 4 is 5.69 Å². The number of aliphatic hydroxyl groups excluding tert-OH is 1. The van der Waals surface area contributed by atoms with Crippen molar-refractivity contribution in [1.82, 2.24) is 0 Å². The molecule has 78 valence electrons. The number of aliphatic hydroxyl groups is 1. The number of hydrogen-bond donors (Lipinski definition) is 1. The second-order valence-electron chi connectivity index (χ2n) is 2.67. The fourth-order valence-electron chi connectivity index (χ4n) is 1.24. The Hall–Kier alpha value is -2.13. The van der Waals surface area contributed by atoms with E-state index in [2.05, 4.69) is 0 Å². The van der Waals surface area contributed by atoms with Crippen LogP contribution in [0.3, 0.4) is 0 Å². The van der Waals surface area contributed by atoms with Gasteiger partial charge in [-0.3, -0.25) is 10.1 Å². The van der Waals surface area contributed by atoms with E-state index in [0.29, 0.717) is 0 Å². The SMILES string of the molecule is COc1ccc([N+](=O)[O-])c(CO)c1C#N. The molecule has 0 unspecified atom stereocenters. The Bertz CT molecular complexity index is 436. The highest BCUT2D eigenvalue weighted by Crippen LogP contribution is 2.29. The molecule has 0 spiro atoms. The average molecular weight is 208 g/mol. The molecule has 0 aliphatic rings. The molecule has 1 rings (SSSR count). The van der Waals surface area contributed by atoms with E-state index in [4.69, 9.17) is 15.1 Å². The first kappa shape index (κ1) is 10.9. The maximum atomic E-state index is 10.6. The Morgan fingerprint density at radius 2 is 2.33 bits per heavy atom. The zero-order chi connectivity index (χ0) is 11.4. The summed E-state index contributed by atoms with van der Waals surface area (Å²) < 4.78 is 4.86. The quantitative estimate of drug-likeness (QED) is 0.589. The van der Waals surface area contributed by atoms with Crippen LogP contribution in [0.25, 0.3) is 0 Å². The van der Waals surface area contributed by atoms with Crippen LogP contribution < -0.4 is 4.74 Å². The minimum Gasteiger partial charge on any atom is -0.495 e. The second-order valence-corrected chi connectivity index (χ2v) is 2.67. The first-order valence-corrected chi connectivity index (χ1v) is 4.01. The summed E-state index contributed by atoms with van der Waals surface area (Å²) >= 11 is 0. The summed E-state index contributed by atoms with van der Waals surface area (Å²) in [5.41, 5.74) is -0.314. The highest BCUT2D eigenvalue weighted by molar-refractivity contribution is 5.57. The Morgan fingerprint density at radius 3 is 2.73 bits per heavy atom. The molecule has 0 amide bonds. The lowest BCUT2D eigenvalue weighted by atomic mass is 10.1. The van der Waals surface area contributed by atoms with Gasteiger partial charge in [-0.1, -0.05) is 0 Å². The van der Waals surface area contributed by atoms with Crippen LogP contribution in [0.5, 0.6) is 5.75 Å². The van der Waals surface area contributed by atoms with Crippen LogP contribution in [0.1, 0.15) is 11.1 Å². The number of nitro groups is 1. The minimum absolute atomic E-state index is 0.00537. The number of benzene rings is 1.